The molecule has 1 saturated heterocycles. The van der Waals surface area contributed by atoms with Crippen molar-refractivity contribution in [1.82, 2.24) is 10.2 Å². The molecule has 1 aliphatic rings. The maximum Gasteiger partial charge on any atom is 0.325 e. The number of amides is 3. The fourth-order valence-corrected chi connectivity index (χ4v) is 3.04. The summed E-state index contributed by atoms with van der Waals surface area (Å²) in [6.07, 6.45) is 0.653. The standard InChI is InChI=1S/C18H26N2O2/c1-12(2)10-18(5)16(21)20(17(22)19-18)11-14-6-8-15(9-7-14)13(3)4/h6-9,12-13H,10-11H2,1-5H3,(H,19,22). The van der Waals surface area contributed by atoms with Gasteiger partial charge in [-0.3, -0.25) is 9.69 Å². The molecule has 0 aliphatic carbocycles. The van der Waals surface area contributed by atoms with Crippen molar-refractivity contribution in [3.05, 3.63) is 35.4 Å². The van der Waals surface area contributed by atoms with Crippen LogP contribution in [0.5, 0.6) is 0 Å². The maximum absolute atomic E-state index is 12.6. The number of nitrogens with one attached hydrogen (secondary N) is 1. The van der Waals surface area contributed by atoms with Gasteiger partial charge in [0.25, 0.3) is 5.91 Å². The van der Waals surface area contributed by atoms with E-state index in [9.17, 15) is 9.59 Å². The van der Waals surface area contributed by atoms with Gasteiger partial charge < -0.3 is 5.32 Å². The van der Waals surface area contributed by atoms with Crippen molar-refractivity contribution < 1.29 is 9.59 Å². The monoisotopic (exact) mass is 302 g/mol. The lowest BCUT2D eigenvalue weighted by Crippen LogP contribution is -2.44. The number of carbonyl (C=O) groups excluding carboxylic acids is 2. The summed E-state index contributed by atoms with van der Waals surface area (Å²) in [4.78, 5) is 26.1. The summed E-state index contributed by atoms with van der Waals surface area (Å²) in [5.74, 6) is 0.693. The van der Waals surface area contributed by atoms with Crippen LogP contribution in [0.3, 0.4) is 0 Å². The zero-order valence-electron chi connectivity index (χ0n) is 14.1. The molecule has 1 heterocycles. The average molecular weight is 302 g/mol. The maximum atomic E-state index is 12.6. The highest BCUT2D eigenvalue weighted by molar-refractivity contribution is 6.06. The Bertz CT molecular complexity index is 563. The number of rotatable bonds is 5. The van der Waals surface area contributed by atoms with Crippen molar-refractivity contribution in [3.8, 4) is 0 Å². The second-order valence-electron chi connectivity index (χ2n) is 7.15. The predicted molar refractivity (Wildman–Crippen MR) is 87.5 cm³/mol. The summed E-state index contributed by atoms with van der Waals surface area (Å²) < 4.78 is 0. The molecule has 4 heteroatoms. The van der Waals surface area contributed by atoms with Gasteiger partial charge in [0, 0.05) is 0 Å². The lowest BCUT2D eigenvalue weighted by atomic mass is 9.91. The van der Waals surface area contributed by atoms with Crippen molar-refractivity contribution in [3.63, 3.8) is 0 Å². The predicted octanol–water partition coefficient (Wildman–Crippen LogP) is 3.67. The molecule has 0 radical (unpaired) electrons. The first kappa shape index (κ1) is 16.5. The van der Waals surface area contributed by atoms with Gasteiger partial charge in [-0.25, -0.2) is 4.79 Å². The number of hydrogen-bond donors (Lipinski definition) is 1. The third kappa shape index (κ3) is 3.32. The van der Waals surface area contributed by atoms with Crippen molar-refractivity contribution in [2.75, 3.05) is 0 Å². The second-order valence-corrected chi connectivity index (χ2v) is 7.15. The first-order valence-electron chi connectivity index (χ1n) is 7.96. The van der Waals surface area contributed by atoms with Crippen LogP contribution < -0.4 is 5.32 Å². The van der Waals surface area contributed by atoms with E-state index in [1.807, 2.05) is 19.1 Å². The van der Waals surface area contributed by atoms with Gasteiger partial charge in [0.1, 0.15) is 5.54 Å². The van der Waals surface area contributed by atoms with Crippen LogP contribution in [-0.4, -0.2) is 22.4 Å². The Morgan fingerprint density at radius 3 is 2.18 bits per heavy atom. The van der Waals surface area contributed by atoms with Gasteiger partial charge in [0.2, 0.25) is 0 Å². The fraction of sp³-hybridized carbons (Fsp3) is 0.556. The lowest BCUT2D eigenvalue weighted by Gasteiger charge is -2.23. The van der Waals surface area contributed by atoms with Crippen LogP contribution in [0.2, 0.25) is 0 Å². The lowest BCUT2D eigenvalue weighted by molar-refractivity contribution is -0.131. The average Bonchev–Trinajstić information content (AvgIpc) is 2.62. The molecule has 0 saturated carbocycles. The van der Waals surface area contributed by atoms with Crippen molar-refractivity contribution >= 4 is 11.9 Å². The summed E-state index contributed by atoms with van der Waals surface area (Å²) in [6, 6.07) is 7.82. The van der Waals surface area contributed by atoms with E-state index in [0.717, 1.165) is 5.56 Å². The smallest absolute Gasteiger partial charge is 0.323 e. The van der Waals surface area contributed by atoms with Gasteiger partial charge in [0.05, 0.1) is 6.54 Å². The summed E-state index contributed by atoms with van der Waals surface area (Å²) in [5, 5.41) is 2.85. The first-order chi connectivity index (χ1) is 10.2. The number of carbonyl (C=O) groups is 2. The van der Waals surface area contributed by atoms with Gasteiger partial charge in [-0.15, -0.1) is 0 Å². The number of benzene rings is 1. The van der Waals surface area contributed by atoms with Crippen LogP contribution in [0, 0.1) is 5.92 Å². The Morgan fingerprint density at radius 1 is 1.09 bits per heavy atom. The number of imide groups is 1. The molecular formula is C18H26N2O2. The van der Waals surface area contributed by atoms with Gasteiger partial charge in [-0.2, -0.15) is 0 Å². The van der Waals surface area contributed by atoms with Gasteiger partial charge >= 0.3 is 6.03 Å². The highest BCUT2D eigenvalue weighted by Gasteiger charge is 2.47. The Hall–Kier alpha value is -1.84. The number of nitrogens with zero attached hydrogens (tertiary/aromatic N) is 1. The van der Waals surface area contributed by atoms with E-state index in [4.69, 9.17) is 0 Å². The van der Waals surface area contributed by atoms with Crippen molar-refractivity contribution in [2.45, 2.75) is 59.0 Å². The zero-order valence-corrected chi connectivity index (χ0v) is 14.1. The molecule has 1 aromatic rings. The van der Waals surface area contributed by atoms with Crippen LogP contribution >= 0.6 is 0 Å². The summed E-state index contributed by atoms with van der Waals surface area (Å²) in [6.45, 7) is 10.5. The molecule has 0 aromatic heterocycles. The largest absolute Gasteiger partial charge is 0.325 e. The minimum atomic E-state index is -0.775. The Balaban J connectivity index is 2.12. The molecule has 1 unspecified atom stereocenters. The molecule has 4 nitrogen and oxygen atoms in total. The molecule has 1 aliphatic heterocycles. The molecule has 1 atom stereocenters. The zero-order chi connectivity index (χ0) is 16.5. The van der Waals surface area contributed by atoms with Crippen LogP contribution in [0.4, 0.5) is 4.79 Å². The van der Waals surface area contributed by atoms with E-state index >= 15 is 0 Å². The van der Waals surface area contributed by atoms with Gasteiger partial charge in [-0.05, 0) is 36.3 Å². The second kappa shape index (κ2) is 6.11. The van der Waals surface area contributed by atoms with Crippen molar-refractivity contribution in [1.29, 1.82) is 0 Å². The Labute approximate surface area is 132 Å². The molecule has 1 aromatic carbocycles. The highest BCUT2D eigenvalue weighted by Crippen LogP contribution is 2.26. The third-order valence-electron chi connectivity index (χ3n) is 4.15. The molecule has 22 heavy (non-hydrogen) atoms. The molecule has 120 valence electrons. The van der Waals surface area contributed by atoms with Crippen LogP contribution in [0.1, 0.15) is 58.1 Å². The SMILES string of the molecule is CC(C)CC1(C)NC(=O)N(Cc2ccc(C(C)C)cc2)C1=O. The summed E-state index contributed by atoms with van der Waals surface area (Å²) in [7, 11) is 0. The van der Waals surface area contributed by atoms with Crippen LogP contribution in [-0.2, 0) is 11.3 Å². The third-order valence-corrected chi connectivity index (χ3v) is 4.15. The fourth-order valence-electron chi connectivity index (χ4n) is 3.04. The molecular weight excluding hydrogens is 276 g/mol. The molecule has 2 rings (SSSR count). The first-order valence-corrected chi connectivity index (χ1v) is 7.96. The van der Waals surface area contributed by atoms with Gasteiger partial charge in [0.15, 0.2) is 0 Å². The normalized spacial score (nSPS) is 21.9. The number of urea groups is 1. The van der Waals surface area contributed by atoms with Crippen LogP contribution in [0.25, 0.3) is 0 Å². The minimum absolute atomic E-state index is 0.126. The molecule has 1 fully saturated rings. The van der Waals surface area contributed by atoms with E-state index in [-0.39, 0.29) is 11.9 Å². The highest BCUT2D eigenvalue weighted by atomic mass is 16.2. The summed E-state index contributed by atoms with van der Waals surface area (Å²) >= 11 is 0. The Morgan fingerprint density at radius 2 is 1.68 bits per heavy atom. The van der Waals surface area contributed by atoms with Crippen LogP contribution in [0.15, 0.2) is 24.3 Å². The molecule has 0 bridgehead atoms. The van der Waals surface area contributed by atoms with Gasteiger partial charge in [-0.1, -0.05) is 52.0 Å². The molecule has 3 amide bonds. The summed E-state index contributed by atoms with van der Waals surface area (Å²) in [5.41, 5.74) is 1.45. The van der Waals surface area contributed by atoms with E-state index in [0.29, 0.717) is 24.8 Å². The molecule has 0 spiro atoms. The quantitative estimate of drug-likeness (QED) is 0.844. The van der Waals surface area contributed by atoms with Crippen molar-refractivity contribution in [2.24, 2.45) is 5.92 Å². The van der Waals surface area contributed by atoms with E-state index < -0.39 is 5.54 Å². The minimum Gasteiger partial charge on any atom is -0.323 e. The number of hydrogen-bond acceptors (Lipinski definition) is 2. The van der Waals surface area contributed by atoms with E-state index in [1.165, 1.54) is 10.5 Å². The van der Waals surface area contributed by atoms with E-state index in [2.05, 4.69) is 45.1 Å². The van der Waals surface area contributed by atoms with E-state index in [1.54, 1.807) is 0 Å². The molecule has 1 N–H and O–H groups in total. The topological polar surface area (TPSA) is 49.4 Å². The Kier molecular flexibility index (Phi) is 4.59.